The molecule has 3 aromatic carbocycles. The number of aliphatic hydroxyl groups is 1. The van der Waals surface area contributed by atoms with E-state index >= 15 is 0 Å². The second-order valence-electron chi connectivity index (χ2n) is 7.21. The Morgan fingerprint density at radius 2 is 1.66 bits per heavy atom. The molecule has 1 atom stereocenters. The topological polar surface area (TPSA) is 35.9 Å². The first-order chi connectivity index (χ1) is 13.7. The summed E-state index contributed by atoms with van der Waals surface area (Å²) in [5.74, 6) is 0.822. The quantitative estimate of drug-likeness (QED) is 0.622. The molecule has 1 fully saturated rings. The maximum absolute atomic E-state index is 10.5. The van der Waals surface area contributed by atoms with Gasteiger partial charge in [0.1, 0.15) is 18.5 Å². The lowest BCUT2D eigenvalue weighted by Gasteiger charge is -2.36. The number of fused-ring (bicyclic) bond motifs is 1. The number of rotatable bonds is 6. The van der Waals surface area contributed by atoms with E-state index in [2.05, 4.69) is 28.0 Å². The zero-order valence-corrected chi connectivity index (χ0v) is 17.8. The molecule has 0 bridgehead atoms. The molecule has 0 saturated carbocycles. The highest BCUT2D eigenvalue weighted by Gasteiger charge is 2.20. The third-order valence-electron chi connectivity index (χ3n) is 5.20. The molecule has 4 nitrogen and oxygen atoms in total. The minimum absolute atomic E-state index is 0. The first-order valence-electron chi connectivity index (χ1n) is 9.70. The van der Waals surface area contributed by atoms with Gasteiger partial charge in [0.05, 0.1) is 0 Å². The molecular formula is C23H26Cl2N2O2. The number of nitrogens with zero attached hydrogens (tertiary/aromatic N) is 2. The fourth-order valence-corrected chi connectivity index (χ4v) is 3.90. The van der Waals surface area contributed by atoms with Crippen molar-refractivity contribution in [1.82, 2.24) is 4.90 Å². The van der Waals surface area contributed by atoms with E-state index in [-0.39, 0.29) is 12.4 Å². The van der Waals surface area contributed by atoms with Crippen molar-refractivity contribution in [3.05, 3.63) is 71.8 Å². The van der Waals surface area contributed by atoms with Gasteiger partial charge in [-0.1, -0.05) is 54.1 Å². The largest absolute Gasteiger partial charge is 0.490 e. The van der Waals surface area contributed by atoms with Gasteiger partial charge in [-0.3, -0.25) is 4.90 Å². The Kier molecular flexibility index (Phi) is 7.62. The van der Waals surface area contributed by atoms with Crippen molar-refractivity contribution in [1.29, 1.82) is 0 Å². The van der Waals surface area contributed by atoms with Gasteiger partial charge in [0.25, 0.3) is 0 Å². The Labute approximate surface area is 183 Å². The number of halogens is 2. The second kappa shape index (κ2) is 10.2. The number of benzene rings is 3. The summed E-state index contributed by atoms with van der Waals surface area (Å²) in [5.41, 5.74) is 1.16. The third kappa shape index (κ3) is 5.55. The molecule has 0 radical (unpaired) electrons. The summed E-state index contributed by atoms with van der Waals surface area (Å²) in [5, 5.41) is 13.4. The van der Waals surface area contributed by atoms with Gasteiger partial charge in [0, 0.05) is 48.8 Å². The molecule has 29 heavy (non-hydrogen) atoms. The van der Waals surface area contributed by atoms with Gasteiger partial charge in [-0.25, -0.2) is 0 Å². The SMILES string of the molecule is Cl.OC(COc1cccc2ccccc12)CN1CCN(c2cccc(Cl)c2)CC1. The van der Waals surface area contributed by atoms with Gasteiger partial charge < -0.3 is 14.7 Å². The highest BCUT2D eigenvalue weighted by Crippen LogP contribution is 2.25. The van der Waals surface area contributed by atoms with E-state index in [1.54, 1.807) is 0 Å². The van der Waals surface area contributed by atoms with Crippen LogP contribution in [0.5, 0.6) is 5.75 Å². The average Bonchev–Trinajstić information content (AvgIpc) is 2.73. The first kappa shape index (κ1) is 21.7. The maximum atomic E-state index is 10.5. The number of aliphatic hydroxyl groups excluding tert-OH is 1. The van der Waals surface area contributed by atoms with E-state index in [9.17, 15) is 5.11 Å². The van der Waals surface area contributed by atoms with Crippen LogP contribution in [0.3, 0.4) is 0 Å². The molecule has 154 valence electrons. The van der Waals surface area contributed by atoms with Crippen LogP contribution in [0.1, 0.15) is 0 Å². The summed E-state index contributed by atoms with van der Waals surface area (Å²) in [4.78, 5) is 4.62. The number of hydrogen-bond acceptors (Lipinski definition) is 4. The van der Waals surface area contributed by atoms with E-state index in [1.807, 2.05) is 48.5 Å². The van der Waals surface area contributed by atoms with Crippen LogP contribution in [0.4, 0.5) is 5.69 Å². The van der Waals surface area contributed by atoms with Crippen LogP contribution >= 0.6 is 24.0 Å². The summed E-state index contributed by atoms with van der Waals surface area (Å²) >= 11 is 6.10. The van der Waals surface area contributed by atoms with Gasteiger partial charge in [0.2, 0.25) is 0 Å². The summed E-state index contributed by atoms with van der Waals surface area (Å²) < 4.78 is 5.92. The molecule has 6 heteroatoms. The van der Waals surface area contributed by atoms with E-state index in [0.717, 1.165) is 53.4 Å². The zero-order valence-electron chi connectivity index (χ0n) is 16.2. The smallest absolute Gasteiger partial charge is 0.127 e. The number of hydrogen-bond donors (Lipinski definition) is 1. The molecule has 0 spiro atoms. The highest BCUT2D eigenvalue weighted by atomic mass is 35.5. The third-order valence-corrected chi connectivity index (χ3v) is 5.43. The predicted molar refractivity (Wildman–Crippen MR) is 123 cm³/mol. The van der Waals surface area contributed by atoms with Crippen molar-refractivity contribution in [3.63, 3.8) is 0 Å². The van der Waals surface area contributed by atoms with E-state index in [0.29, 0.717) is 13.2 Å². The van der Waals surface area contributed by atoms with Gasteiger partial charge >= 0.3 is 0 Å². The van der Waals surface area contributed by atoms with E-state index in [4.69, 9.17) is 16.3 Å². The van der Waals surface area contributed by atoms with Crippen molar-refractivity contribution in [3.8, 4) is 5.75 Å². The number of anilines is 1. The molecule has 4 rings (SSSR count). The number of β-amino-alcohol motifs (C(OH)–C–C–N with tert-alkyl or cyclic N) is 1. The molecule has 1 aliphatic heterocycles. The first-order valence-corrected chi connectivity index (χ1v) is 10.1. The maximum Gasteiger partial charge on any atom is 0.127 e. The molecule has 1 N–H and O–H groups in total. The van der Waals surface area contributed by atoms with Crippen LogP contribution in [0.15, 0.2) is 66.7 Å². The van der Waals surface area contributed by atoms with Crippen molar-refractivity contribution >= 4 is 40.5 Å². The van der Waals surface area contributed by atoms with Crippen LogP contribution in [-0.4, -0.2) is 55.4 Å². The van der Waals surface area contributed by atoms with Crippen LogP contribution in [0, 0.1) is 0 Å². The Hall–Kier alpha value is -1.98. The molecule has 1 saturated heterocycles. The monoisotopic (exact) mass is 432 g/mol. The summed E-state index contributed by atoms with van der Waals surface area (Å²) in [6.07, 6.45) is -0.517. The standard InChI is InChI=1S/C23H25ClN2O2.ClH/c24-19-7-4-8-20(15-19)26-13-11-25(12-14-26)16-21(27)17-28-23-10-3-6-18-5-1-2-9-22(18)23;/h1-10,15,21,27H,11-14,16-17H2;1H. The lowest BCUT2D eigenvalue weighted by Crippen LogP contribution is -2.49. The Morgan fingerprint density at radius 3 is 2.45 bits per heavy atom. The van der Waals surface area contributed by atoms with Gasteiger partial charge in [-0.2, -0.15) is 0 Å². The normalized spacial score (nSPS) is 15.7. The van der Waals surface area contributed by atoms with Gasteiger partial charge in [-0.05, 0) is 29.7 Å². The summed E-state index contributed by atoms with van der Waals surface area (Å²) in [6.45, 7) is 4.60. The number of piperazine rings is 1. The summed E-state index contributed by atoms with van der Waals surface area (Å²) in [7, 11) is 0. The molecule has 1 unspecified atom stereocenters. The molecule has 1 heterocycles. The lowest BCUT2D eigenvalue weighted by atomic mass is 10.1. The fraction of sp³-hybridized carbons (Fsp3) is 0.304. The van der Waals surface area contributed by atoms with E-state index in [1.165, 1.54) is 0 Å². The minimum Gasteiger partial charge on any atom is -0.490 e. The average molecular weight is 433 g/mol. The van der Waals surface area contributed by atoms with Crippen LogP contribution in [0.2, 0.25) is 5.02 Å². The molecular weight excluding hydrogens is 407 g/mol. The Balaban J connectivity index is 0.00000240. The Morgan fingerprint density at radius 1 is 0.931 bits per heavy atom. The zero-order chi connectivity index (χ0) is 19.3. The van der Waals surface area contributed by atoms with Crippen molar-refractivity contribution < 1.29 is 9.84 Å². The molecule has 1 aliphatic rings. The molecule has 3 aromatic rings. The van der Waals surface area contributed by atoms with Crippen LogP contribution in [-0.2, 0) is 0 Å². The van der Waals surface area contributed by atoms with Crippen molar-refractivity contribution in [2.45, 2.75) is 6.10 Å². The molecule has 0 aromatic heterocycles. The van der Waals surface area contributed by atoms with Gasteiger partial charge in [-0.15, -0.1) is 12.4 Å². The Bertz CT molecular complexity index is 924. The van der Waals surface area contributed by atoms with E-state index < -0.39 is 6.10 Å². The number of ether oxygens (including phenoxy) is 1. The second-order valence-corrected chi connectivity index (χ2v) is 7.65. The predicted octanol–water partition coefficient (Wildman–Crippen LogP) is 4.48. The minimum atomic E-state index is -0.517. The fourth-order valence-electron chi connectivity index (χ4n) is 3.72. The lowest BCUT2D eigenvalue weighted by molar-refractivity contribution is 0.0668. The van der Waals surface area contributed by atoms with Crippen molar-refractivity contribution in [2.75, 3.05) is 44.2 Å². The van der Waals surface area contributed by atoms with Crippen LogP contribution < -0.4 is 9.64 Å². The van der Waals surface area contributed by atoms with Gasteiger partial charge in [0.15, 0.2) is 0 Å². The van der Waals surface area contributed by atoms with Crippen molar-refractivity contribution in [2.24, 2.45) is 0 Å². The highest BCUT2D eigenvalue weighted by molar-refractivity contribution is 6.30. The molecule has 0 amide bonds. The molecule has 0 aliphatic carbocycles. The van der Waals surface area contributed by atoms with Crippen LogP contribution in [0.25, 0.3) is 10.8 Å². The summed E-state index contributed by atoms with van der Waals surface area (Å²) in [6, 6.07) is 22.1.